The van der Waals surface area contributed by atoms with Crippen LogP contribution in [0.15, 0.2) is 53.1 Å². The molecule has 3 aromatic rings. The van der Waals surface area contributed by atoms with Gasteiger partial charge in [-0.15, -0.1) is 0 Å². The summed E-state index contributed by atoms with van der Waals surface area (Å²) in [6.45, 7) is 4.20. The zero-order valence-corrected chi connectivity index (χ0v) is 14.5. The van der Waals surface area contributed by atoms with Crippen LogP contribution in [0.4, 0.5) is 8.78 Å². The van der Waals surface area contributed by atoms with Crippen molar-refractivity contribution in [1.29, 1.82) is 0 Å². The highest BCUT2D eigenvalue weighted by molar-refractivity contribution is 6.00. The van der Waals surface area contributed by atoms with Crippen LogP contribution in [-0.2, 0) is 6.54 Å². The van der Waals surface area contributed by atoms with E-state index >= 15 is 0 Å². The molecule has 0 radical (unpaired) electrons. The fourth-order valence-electron chi connectivity index (χ4n) is 2.77. The maximum absolute atomic E-state index is 13.4. The zero-order chi connectivity index (χ0) is 18.7. The van der Waals surface area contributed by atoms with E-state index in [4.69, 9.17) is 4.52 Å². The molecule has 0 saturated heterocycles. The second kappa shape index (κ2) is 7.47. The monoisotopic (exact) mass is 356 g/mol. The van der Waals surface area contributed by atoms with Crippen molar-refractivity contribution in [2.75, 3.05) is 6.54 Å². The van der Waals surface area contributed by atoms with Crippen molar-refractivity contribution >= 4 is 5.91 Å². The number of hydrogen-bond donors (Lipinski definition) is 0. The molecule has 0 N–H and O–H groups in total. The molecule has 2 aromatic carbocycles. The lowest BCUT2D eigenvalue weighted by Crippen LogP contribution is -2.31. The Morgan fingerprint density at radius 3 is 2.50 bits per heavy atom. The minimum atomic E-state index is -0.372. The summed E-state index contributed by atoms with van der Waals surface area (Å²) >= 11 is 0. The summed E-state index contributed by atoms with van der Waals surface area (Å²) in [5.41, 5.74) is 1.98. The van der Waals surface area contributed by atoms with Gasteiger partial charge in [-0.3, -0.25) is 4.79 Å². The molecule has 0 aliphatic heterocycles. The minimum Gasteiger partial charge on any atom is -0.360 e. The summed E-state index contributed by atoms with van der Waals surface area (Å²) in [6, 6.07) is 11.8. The summed E-state index contributed by atoms with van der Waals surface area (Å²) in [6.07, 6.45) is 0. The van der Waals surface area contributed by atoms with Crippen LogP contribution < -0.4 is 0 Å². The Morgan fingerprint density at radius 1 is 1.12 bits per heavy atom. The van der Waals surface area contributed by atoms with Gasteiger partial charge < -0.3 is 9.42 Å². The van der Waals surface area contributed by atoms with Crippen LogP contribution >= 0.6 is 0 Å². The number of rotatable bonds is 5. The van der Waals surface area contributed by atoms with E-state index < -0.39 is 0 Å². The normalized spacial score (nSPS) is 10.8. The Hall–Kier alpha value is -3.02. The number of amides is 1. The van der Waals surface area contributed by atoms with E-state index in [1.165, 1.54) is 24.3 Å². The van der Waals surface area contributed by atoms with Gasteiger partial charge in [0.15, 0.2) is 0 Å². The summed E-state index contributed by atoms with van der Waals surface area (Å²) in [5, 5.41) is 3.97. The van der Waals surface area contributed by atoms with Gasteiger partial charge in [0, 0.05) is 18.7 Å². The third-order valence-corrected chi connectivity index (χ3v) is 4.13. The van der Waals surface area contributed by atoms with Gasteiger partial charge in [0.2, 0.25) is 0 Å². The first kappa shape index (κ1) is 17.8. The maximum Gasteiger partial charge on any atom is 0.260 e. The van der Waals surface area contributed by atoms with Gasteiger partial charge in [-0.05, 0) is 55.8 Å². The van der Waals surface area contributed by atoms with Crippen LogP contribution in [0, 0.1) is 18.6 Å². The zero-order valence-electron chi connectivity index (χ0n) is 14.5. The number of carbonyl (C=O) groups excluding carboxylic acids is 1. The topological polar surface area (TPSA) is 46.3 Å². The largest absolute Gasteiger partial charge is 0.360 e. The predicted octanol–water partition coefficient (Wildman–Crippen LogP) is 4.59. The standard InChI is InChI=1S/C20H18F2N2O2/c1-3-24(12-14-5-4-6-17(22)11-14)20(25)18-13(2)26-23-19(18)15-7-9-16(21)10-8-15/h4-11H,3,12H2,1-2H3. The first-order valence-electron chi connectivity index (χ1n) is 8.25. The number of nitrogens with zero attached hydrogens (tertiary/aromatic N) is 2. The molecule has 0 fully saturated rings. The van der Waals surface area contributed by atoms with E-state index in [1.807, 2.05) is 6.92 Å². The highest BCUT2D eigenvalue weighted by Crippen LogP contribution is 2.27. The molecule has 4 nitrogen and oxygen atoms in total. The molecule has 0 aliphatic carbocycles. The molecule has 0 unspecified atom stereocenters. The summed E-state index contributed by atoms with van der Waals surface area (Å²) in [5.74, 6) is -0.607. The van der Waals surface area contributed by atoms with Gasteiger partial charge in [0.25, 0.3) is 5.91 Å². The van der Waals surface area contributed by atoms with E-state index in [0.29, 0.717) is 34.7 Å². The molecular formula is C20H18F2N2O2. The summed E-state index contributed by atoms with van der Waals surface area (Å²) in [4.78, 5) is 14.7. The second-order valence-electron chi connectivity index (χ2n) is 5.92. The number of halogens is 2. The van der Waals surface area contributed by atoms with E-state index in [2.05, 4.69) is 5.16 Å². The van der Waals surface area contributed by atoms with Crippen molar-refractivity contribution in [3.05, 3.63) is 77.1 Å². The van der Waals surface area contributed by atoms with Gasteiger partial charge >= 0.3 is 0 Å². The SMILES string of the molecule is CCN(Cc1cccc(F)c1)C(=O)c1c(-c2ccc(F)cc2)noc1C. The molecule has 1 amide bonds. The Morgan fingerprint density at radius 2 is 1.85 bits per heavy atom. The quantitative estimate of drug-likeness (QED) is 0.672. The molecule has 1 aromatic heterocycles. The molecule has 134 valence electrons. The molecule has 3 rings (SSSR count). The fourth-order valence-corrected chi connectivity index (χ4v) is 2.77. The van der Waals surface area contributed by atoms with Crippen molar-refractivity contribution in [2.24, 2.45) is 0 Å². The Labute approximate surface area is 150 Å². The molecule has 0 spiro atoms. The highest BCUT2D eigenvalue weighted by Gasteiger charge is 2.25. The van der Waals surface area contributed by atoms with Crippen molar-refractivity contribution in [2.45, 2.75) is 20.4 Å². The third-order valence-electron chi connectivity index (χ3n) is 4.13. The molecule has 0 bridgehead atoms. The fraction of sp³-hybridized carbons (Fsp3) is 0.200. The van der Waals surface area contributed by atoms with E-state index in [-0.39, 0.29) is 24.1 Å². The highest BCUT2D eigenvalue weighted by atomic mass is 19.1. The summed E-state index contributed by atoms with van der Waals surface area (Å²) in [7, 11) is 0. The number of carbonyl (C=O) groups is 1. The lowest BCUT2D eigenvalue weighted by molar-refractivity contribution is 0.0751. The van der Waals surface area contributed by atoms with Crippen LogP contribution in [-0.4, -0.2) is 22.5 Å². The van der Waals surface area contributed by atoms with Crippen LogP contribution in [0.1, 0.15) is 28.6 Å². The predicted molar refractivity (Wildman–Crippen MR) is 93.4 cm³/mol. The van der Waals surface area contributed by atoms with E-state index in [1.54, 1.807) is 36.1 Å². The number of hydrogen-bond acceptors (Lipinski definition) is 3. The second-order valence-corrected chi connectivity index (χ2v) is 5.92. The average Bonchev–Trinajstić information content (AvgIpc) is 3.01. The van der Waals surface area contributed by atoms with Gasteiger partial charge in [-0.1, -0.05) is 17.3 Å². The smallest absolute Gasteiger partial charge is 0.260 e. The van der Waals surface area contributed by atoms with Crippen molar-refractivity contribution < 1.29 is 18.1 Å². The molecule has 6 heteroatoms. The van der Waals surface area contributed by atoms with Crippen molar-refractivity contribution in [1.82, 2.24) is 10.1 Å². The maximum atomic E-state index is 13.4. The van der Waals surface area contributed by atoms with Crippen LogP contribution in [0.5, 0.6) is 0 Å². The van der Waals surface area contributed by atoms with Crippen molar-refractivity contribution in [3.63, 3.8) is 0 Å². The van der Waals surface area contributed by atoms with Gasteiger partial charge in [-0.2, -0.15) is 0 Å². The first-order chi connectivity index (χ1) is 12.5. The molecular weight excluding hydrogens is 338 g/mol. The number of aryl methyl sites for hydroxylation is 1. The minimum absolute atomic E-state index is 0.264. The summed E-state index contributed by atoms with van der Waals surface area (Å²) < 4.78 is 31.8. The van der Waals surface area contributed by atoms with Crippen LogP contribution in [0.2, 0.25) is 0 Å². The van der Waals surface area contributed by atoms with Gasteiger partial charge in [0.1, 0.15) is 28.7 Å². The Kier molecular flexibility index (Phi) is 5.11. The molecule has 26 heavy (non-hydrogen) atoms. The Balaban J connectivity index is 1.93. The van der Waals surface area contributed by atoms with Gasteiger partial charge in [0.05, 0.1) is 0 Å². The van der Waals surface area contributed by atoms with Crippen LogP contribution in [0.25, 0.3) is 11.3 Å². The van der Waals surface area contributed by atoms with E-state index in [0.717, 1.165) is 0 Å². The lowest BCUT2D eigenvalue weighted by atomic mass is 10.0. The Bertz CT molecular complexity index is 920. The third kappa shape index (κ3) is 3.64. The lowest BCUT2D eigenvalue weighted by Gasteiger charge is -2.21. The van der Waals surface area contributed by atoms with Crippen LogP contribution in [0.3, 0.4) is 0 Å². The van der Waals surface area contributed by atoms with Crippen molar-refractivity contribution in [3.8, 4) is 11.3 Å². The number of benzene rings is 2. The van der Waals surface area contributed by atoms with Gasteiger partial charge in [-0.25, -0.2) is 8.78 Å². The molecule has 0 atom stereocenters. The molecule has 0 saturated carbocycles. The van der Waals surface area contributed by atoms with E-state index in [9.17, 15) is 13.6 Å². The molecule has 1 heterocycles. The first-order valence-corrected chi connectivity index (χ1v) is 8.25. The average molecular weight is 356 g/mol. The molecule has 0 aliphatic rings. The number of aromatic nitrogens is 1.